The van der Waals surface area contributed by atoms with Gasteiger partial charge in [-0.05, 0) is 57.1 Å². The average molecular weight is 198 g/mol. The Balaban J connectivity index is 1.99. The summed E-state index contributed by atoms with van der Waals surface area (Å²) in [6.45, 7) is 4.56. The van der Waals surface area contributed by atoms with E-state index in [9.17, 15) is 0 Å². The van der Waals surface area contributed by atoms with Gasteiger partial charge in [0.05, 0.1) is 0 Å². The van der Waals surface area contributed by atoms with E-state index >= 15 is 0 Å². The lowest BCUT2D eigenvalue weighted by Crippen LogP contribution is -1.90. The fourth-order valence-electron chi connectivity index (χ4n) is 3.12. The molecule has 0 spiro atoms. The van der Waals surface area contributed by atoms with Crippen LogP contribution in [0, 0.1) is 0 Å². The molecule has 0 aromatic carbocycles. The normalized spacial score (nSPS) is 24.9. The molecule has 0 amide bonds. The van der Waals surface area contributed by atoms with Crippen molar-refractivity contribution in [2.24, 2.45) is 0 Å². The highest BCUT2D eigenvalue weighted by Gasteiger charge is 2.23. The minimum atomic E-state index is 1.22. The quantitative estimate of drug-likeness (QED) is 0.539. The molecule has 0 fully saturated rings. The van der Waals surface area contributed by atoms with Gasteiger partial charge in [-0.15, -0.1) is 0 Å². The van der Waals surface area contributed by atoms with Gasteiger partial charge < -0.3 is 0 Å². The highest BCUT2D eigenvalue weighted by atomic mass is 14.3. The van der Waals surface area contributed by atoms with E-state index < -0.39 is 0 Å². The molecule has 0 saturated carbocycles. The van der Waals surface area contributed by atoms with Crippen LogP contribution in [0.15, 0.2) is 45.6 Å². The maximum atomic E-state index is 2.41. The van der Waals surface area contributed by atoms with Crippen LogP contribution < -0.4 is 0 Å². The van der Waals surface area contributed by atoms with E-state index in [0.717, 1.165) is 0 Å². The van der Waals surface area contributed by atoms with Crippen LogP contribution in [0.5, 0.6) is 0 Å². The van der Waals surface area contributed by atoms with Crippen molar-refractivity contribution in [3.05, 3.63) is 45.6 Å². The molecule has 0 saturated heterocycles. The number of hydrogen-bond donors (Lipinski definition) is 0. The lowest BCUT2D eigenvalue weighted by molar-refractivity contribution is 0.888. The first-order valence-electron chi connectivity index (χ1n) is 6.02. The van der Waals surface area contributed by atoms with E-state index in [2.05, 4.69) is 26.0 Å². The molecule has 0 aromatic heterocycles. The summed E-state index contributed by atoms with van der Waals surface area (Å²) in [5, 5.41) is 0. The SMILES string of the molecule is CC1=CCC2=C1CC1=C(CC=C1C)CC2. The van der Waals surface area contributed by atoms with Gasteiger partial charge in [-0.25, -0.2) is 0 Å². The maximum absolute atomic E-state index is 2.41. The molecule has 0 N–H and O–H groups in total. The first-order valence-corrected chi connectivity index (χ1v) is 6.02. The van der Waals surface area contributed by atoms with Gasteiger partial charge in [0.2, 0.25) is 0 Å². The molecule has 0 aromatic rings. The highest BCUT2D eigenvalue weighted by molar-refractivity contribution is 5.52. The average Bonchev–Trinajstić information content (AvgIpc) is 2.68. The third-order valence-electron chi connectivity index (χ3n) is 4.20. The van der Waals surface area contributed by atoms with Crippen molar-refractivity contribution in [3.63, 3.8) is 0 Å². The Kier molecular flexibility index (Phi) is 1.98. The molecule has 3 aliphatic carbocycles. The molecule has 0 nitrogen and oxygen atoms in total. The van der Waals surface area contributed by atoms with Gasteiger partial charge in [-0.2, -0.15) is 0 Å². The summed E-state index contributed by atoms with van der Waals surface area (Å²) in [6, 6.07) is 0. The summed E-state index contributed by atoms with van der Waals surface area (Å²) < 4.78 is 0. The minimum absolute atomic E-state index is 1.22. The maximum Gasteiger partial charge on any atom is -0.00214 e. The third-order valence-corrected chi connectivity index (χ3v) is 4.20. The molecule has 0 radical (unpaired) electrons. The number of rotatable bonds is 0. The molecule has 0 heteroatoms. The zero-order valence-electron chi connectivity index (χ0n) is 9.69. The van der Waals surface area contributed by atoms with Crippen molar-refractivity contribution in [3.8, 4) is 0 Å². The molecular formula is C15H18. The van der Waals surface area contributed by atoms with Crippen LogP contribution in [0.2, 0.25) is 0 Å². The van der Waals surface area contributed by atoms with Crippen LogP contribution in [-0.2, 0) is 0 Å². The lowest BCUT2D eigenvalue weighted by Gasteiger charge is -2.09. The lowest BCUT2D eigenvalue weighted by atomic mass is 9.96. The van der Waals surface area contributed by atoms with Crippen molar-refractivity contribution in [1.82, 2.24) is 0 Å². The first kappa shape index (κ1) is 9.21. The van der Waals surface area contributed by atoms with Gasteiger partial charge in [0.15, 0.2) is 0 Å². The zero-order valence-corrected chi connectivity index (χ0v) is 9.69. The van der Waals surface area contributed by atoms with E-state index in [1.54, 1.807) is 33.4 Å². The Morgan fingerprint density at radius 1 is 0.800 bits per heavy atom. The van der Waals surface area contributed by atoms with Gasteiger partial charge in [0, 0.05) is 0 Å². The fraction of sp³-hybridized carbons (Fsp3) is 0.467. The van der Waals surface area contributed by atoms with Crippen molar-refractivity contribution >= 4 is 0 Å². The van der Waals surface area contributed by atoms with Gasteiger partial charge in [0.1, 0.15) is 0 Å². The van der Waals surface area contributed by atoms with Crippen LogP contribution in [0.3, 0.4) is 0 Å². The van der Waals surface area contributed by atoms with Crippen LogP contribution in [0.4, 0.5) is 0 Å². The molecule has 0 aliphatic heterocycles. The summed E-state index contributed by atoms with van der Waals surface area (Å²) in [4.78, 5) is 0. The van der Waals surface area contributed by atoms with Gasteiger partial charge >= 0.3 is 0 Å². The Bertz CT molecular complexity index is 397. The number of hydrogen-bond acceptors (Lipinski definition) is 0. The largest absolute Gasteiger partial charge is 0.0772 e. The minimum Gasteiger partial charge on any atom is -0.0772 e. The second kappa shape index (κ2) is 3.23. The predicted octanol–water partition coefficient (Wildman–Crippen LogP) is 4.46. The third kappa shape index (κ3) is 1.35. The second-order valence-corrected chi connectivity index (χ2v) is 5.02. The predicted molar refractivity (Wildman–Crippen MR) is 64.7 cm³/mol. The summed E-state index contributed by atoms with van der Waals surface area (Å²) in [7, 11) is 0. The zero-order chi connectivity index (χ0) is 10.4. The summed E-state index contributed by atoms with van der Waals surface area (Å²) >= 11 is 0. The molecule has 0 bridgehead atoms. The van der Waals surface area contributed by atoms with E-state index in [1.165, 1.54) is 32.1 Å². The summed E-state index contributed by atoms with van der Waals surface area (Å²) in [5.41, 5.74) is 9.84. The van der Waals surface area contributed by atoms with E-state index in [-0.39, 0.29) is 0 Å². The fourth-order valence-corrected chi connectivity index (χ4v) is 3.12. The molecule has 3 rings (SSSR count). The van der Waals surface area contributed by atoms with Gasteiger partial charge in [-0.3, -0.25) is 0 Å². The van der Waals surface area contributed by atoms with Crippen molar-refractivity contribution in [2.45, 2.75) is 46.0 Å². The van der Waals surface area contributed by atoms with Gasteiger partial charge in [0.25, 0.3) is 0 Å². The molecule has 78 valence electrons. The molecule has 0 unspecified atom stereocenters. The van der Waals surface area contributed by atoms with Crippen LogP contribution in [0.25, 0.3) is 0 Å². The molecule has 0 atom stereocenters. The molecular weight excluding hydrogens is 180 g/mol. The van der Waals surface area contributed by atoms with Crippen molar-refractivity contribution in [1.29, 1.82) is 0 Å². The van der Waals surface area contributed by atoms with Crippen molar-refractivity contribution in [2.75, 3.05) is 0 Å². The van der Waals surface area contributed by atoms with E-state index in [0.29, 0.717) is 0 Å². The monoisotopic (exact) mass is 198 g/mol. The smallest absolute Gasteiger partial charge is 0.00214 e. The second-order valence-electron chi connectivity index (χ2n) is 5.02. The molecule has 15 heavy (non-hydrogen) atoms. The molecule has 0 heterocycles. The first-order chi connectivity index (χ1) is 7.25. The van der Waals surface area contributed by atoms with E-state index in [1.807, 2.05) is 0 Å². The molecule has 3 aliphatic rings. The van der Waals surface area contributed by atoms with E-state index in [4.69, 9.17) is 0 Å². The highest BCUT2D eigenvalue weighted by Crippen LogP contribution is 2.43. The Morgan fingerprint density at radius 2 is 1.27 bits per heavy atom. The van der Waals surface area contributed by atoms with Crippen LogP contribution in [0.1, 0.15) is 46.0 Å². The Hall–Kier alpha value is -1.04. The standard InChI is InChI=1S/C15H18/c1-10-3-5-12-7-8-13-6-4-11(2)15(13)9-14(10)12/h3-4H,5-9H2,1-2H3. The Morgan fingerprint density at radius 3 is 1.73 bits per heavy atom. The Labute approximate surface area is 92.1 Å². The topological polar surface area (TPSA) is 0 Å². The van der Waals surface area contributed by atoms with Crippen LogP contribution >= 0.6 is 0 Å². The van der Waals surface area contributed by atoms with Gasteiger partial charge in [-0.1, -0.05) is 34.4 Å². The summed E-state index contributed by atoms with van der Waals surface area (Å²) in [5.74, 6) is 0. The number of allylic oxidation sites excluding steroid dienone is 8. The van der Waals surface area contributed by atoms with Crippen LogP contribution in [-0.4, -0.2) is 0 Å². The summed E-state index contributed by atoms with van der Waals surface area (Å²) in [6.07, 6.45) is 11.1. The van der Waals surface area contributed by atoms with Crippen molar-refractivity contribution < 1.29 is 0 Å².